The van der Waals surface area contributed by atoms with E-state index in [0.29, 0.717) is 24.6 Å². The van der Waals surface area contributed by atoms with Gasteiger partial charge >= 0.3 is 0 Å². The molecule has 5 heteroatoms. The topological polar surface area (TPSA) is 53.8 Å². The molecule has 28 heavy (non-hydrogen) atoms. The maximum Gasteiger partial charge on any atom is 0.257 e. The summed E-state index contributed by atoms with van der Waals surface area (Å²) >= 11 is 0. The zero-order valence-corrected chi connectivity index (χ0v) is 16.7. The van der Waals surface area contributed by atoms with Crippen molar-refractivity contribution in [3.05, 3.63) is 53.5 Å². The summed E-state index contributed by atoms with van der Waals surface area (Å²) in [6.07, 6.45) is 6.49. The van der Waals surface area contributed by atoms with Crippen LogP contribution < -0.4 is 4.90 Å². The predicted octanol–water partition coefficient (Wildman–Crippen LogP) is 4.23. The molecule has 0 atom stereocenters. The molecule has 1 fully saturated rings. The molecule has 0 aliphatic carbocycles. The van der Waals surface area contributed by atoms with E-state index >= 15 is 0 Å². The first kappa shape index (κ1) is 18.8. The van der Waals surface area contributed by atoms with Crippen molar-refractivity contribution in [3.8, 4) is 0 Å². The Bertz CT molecular complexity index is 849. The first-order chi connectivity index (χ1) is 13.5. The largest absolute Gasteiger partial charge is 0.472 e. The third-order valence-electron chi connectivity index (χ3n) is 6.05. The number of aryl methyl sites for hydroxylation is 1. The van der Waals surface area contributed by atoms with Gasteiger partial charge in [0.1, 0.15) is 6.26 Å². The Labute approximate surface area is 166 Å². The molecule has 4 rings (SSSR count). The van der Waals surface area contributed by atoms with Gasteiger partial charge in [-0.15, -0.1) is 0 Å². The van der Waals surface area contributed by atoms with E-state index in [1.54, 1.807) is 6.07 Å². The van der Waals surface area contributed by atoms with E-state index in [2.05, 4.69) is 32.0 Å². The van der Waals surface area contributed by atoms with Crippen LogP contribution in [0.2, 0.25) is 0 Å². The molecule has 3 heterocycles. The van der Waals surface area contributed by atoms with Crippen LogP contribution >= 0.6 is 0 Å². The molecule has 1 aromatic heterocycles. The summed E-state index contributed by atoms with van der Waals surface area (Å²) in [5, 5.41) is 0. The van der Waals surface area contributed by atoms with E-state index in [9.17, 15) is 9.59 Å². The molecule has 5 nitrogen and oxygen atoms in total. The molecule has 0 bridgehead atoms. The number of rotatable bonds is 3. The Morgan fingerprint density at radius 1 is 1.11 bits per heavy atom. The highest BCUT2D eigenvalue weighted by molar-refractivity contribution is 5.97. The minimum atomic E-state index is -0.0101. The minimum Gasteiger partial charge on any atom is -0.472 e. The van der Waals surface area contributed by atoms with Gasteiger partial charge in [0.15, 0.2) is 0 Å². The first-order valence-corrected chi connectivity index (χ1v) is 10.3. The Morgan fingerprint density at radius 2 is 1.89 bits per heavy atom. The molecule has 2 amide bonds. The highest BCUT2D eigenvalue weighted by atomic mass is 16.3. The summed E-state index contributed by atoms with van der Waals surface area (Å²) in [6.45, 7) is 6.43. The summed E-state index contributed by atoms with van der Waals surface area (Å²) in [4.78, 5) is 29.5. The van der Waals surface area contributed by atoms with Gasteiger partial charge in [-0.25, -0.2) is 0 Å². The van der Waals surface area contributed by atoms with Gasteiger partial charge in [-0.2, -0.15) is 0 Å². The number of piperidine rings is 1. The molecule has 1 aromatic carbocycles. The molecular formula is C23H28N2O3. The molecule has 2 aromatic rings. The van der Waals surface area contributed by atoms with Crippen LogP contribution in [0, 0.1) is 5.92 Å². The summed E-state index contributed by atoms with van der Waals surface area (Å²) in [5.74, 6) is 0.690. The fourth-order valence-electron chi connectivity index (χ4n) is 4.32. The number of nitrogens with zero attached hydrogens (tertiary/aromatic N) is 2. The highest BCUT2D eigenvalue weighted by Crippen LogP contribution is 2.32. The Morgan fingerprint density at radius 3 is 2.57 bits per heavy atom. The number of carbonyl (C=O) groups is 2. The van der Waals surface area contributed by atoms with Crippen LogP contribution in [0.1, 0.15) is 60.5 Å². The second kappa shape index (κ2) is 7.82. The van der Waals surface area contributed by atoms with E-state index in [-0.39, 0.29) is 17.7 Å². The second-order valence-corrected chi connectivity index (χ2v) is 8.21. The summed E-state index contributed by atoms with van der Waals surface area (Å²) < 4.78 is 5.01. The fraction of sp³-hybridized carbons (Fsp3) is 0.478. The van der Waals surface area contributed by atoms with Crippen LogP contribution in [-0.2, 0) is 11.2 Å². The molecular weight excluding hydrogens is 352 g/mol. The summed E-state index contributed by atoms with van der Waals surface area (Å²) in [7, 11) is 0. The van der Waals surface area contributed by atoms with Crippen molar-refractivity contribution in [2.45, 2.75) is 45.4 Å². The number of amides is 2. The first-order valence-electron chi connectivity index (χ1n) is 10.3. The van der Waals surface area contributed by atoms with E-state index in [1.165, 1.54) is 23.7 Å². The molecule has 0 spiro atoms. The quantitative estimate of drug-likeness (QED) is 0.800. The Hall–Kier alpha value is -2.56. The zero-order valence-electron chi connectivity index (χ0n) is 16.7. The normalized spacial score (nSPS) is 17.7. The van der Waals surface area contributed by atoms with Crippen molar-refractivity contribution >= 4 is 17.5 Å². The molecule has 148 valence electrons. The lowest BCUT2D eigenvalue weighted by atomic mass is 9.91. The van der Waals surface area contributed by atoms with Gasteiger partial charge in [-0.3, -0.25) is 9.59 Å². The molecule has 0 N–H and O–H groups in total. The van der Waals surface area contributed by atoms with Crippen LogP contribution in [0.5, 0.6) is 0 Å². The lowest BCUT2D eigenvalue weighted by Gasteiger charge is -2.36. The van der Waals surface area contributed by atoms with Crippen molar-refractivity contribution in [3.63, 3.8) is 0 Å². The van der Waals surface area contributed by atoms with Gasteiger partial charge in [-0.05, 0) is 54.9 Å². The molecule has 2 aliphatic rings. The van der Waals surface area contributed by atoms with Crippen LogP contribution in [0.15, 0.2) is 41.2 Å². The number of anilines is 1. The predicted molar refractivity (Wildman–Crippen MR) is 109 cm³/mol. The average Bonchev–Trinajstić information content (AvgIpc) is 3.27. The van der Waals surface area contributed by atoms with Gasteiger partial charge in [-0.1, -0.05) is 26.0 Å². The second-order valence-electron chi connectivity index (χ2n) is 8.21. The number of furan rings is 1. The number of hydrogen-bond donors (Lipinski definition) is 0. The summed E-state index contributed by atoms with van der Waals surface area (Å²) in [6, 6.07) is 8.24. The maximum atomic E-state index is 13.2. The van der Waals surface area contributed by atoms with Crippen LogP contribution in [0.25, 0.3) is 0 Å². The Kier molecular flexibility index (Phi) is 5.25. The van der Waals surface area contributed by atoms with Crippen LogP contribution in [-0.4, -0.2) is 36.3 Å². The van der Waals surface area contributed by atoms with E-state index < -0.39 is 0 Å². The lowest BCUT2D eigenvalue weighted by molar-refractivity contribution is -0.123. The molecule has 0 saturated carbocycles. The molecule has 1 saturated heterocycles. The van der Waals surface area contributed by atoms with Gasteiger partial charge in [0.05, 0.1) is 11.8 Å². The summed E-state index contributed by atoms with van der Waals surface area (Å²) in [5.41, 5.74) is 4.28. The SMILES string of the molecule is CC(C)c1ccc2c(c1)CCCN2C(=O)C1CCN(C(=O)c2ccoc2)CC1. The van der Waals surface area contributed by atoms with Crippen molar-refractivity contribution in [2.24, 2.45) is 5.92 Å². The number of fused-ring (bicyclic) bond motifs is 1. The number of likely N-dealkylation sites (tertiary alicyclic amines) is 1. The van der Waals surface area contributed by atoms with Gasteiger partial charge in [0.25, 0.3) is 5.91 Å². The van der Waals surface area contributed by atoms with Gasteiger partial charge in [0.2, 0.25) is 5.91 Å². The van der Waals surface area contributed by atoms with Gasteiger partial charge < -0.3 is 14.2 Å². The van der Waals surface area contributed by atoms with Crippen molar-refractivity contribution < 1.29 is 14.0 Å². The van der Waals surface area contributed by atoms with E-state index in [4.69, 9.17) is 4.42 Å². The van der Waals surface area contributed by atoms with Crippen molar-refractivity contribution in [1.29, 1.82) is 0 Å². The van der Waals surface area contributed by atoms with Gasteiger partial charge in [0, 0.05) is 31.2 Å². The lowest BCUT2D eigenvalue weighted by Crippen LogP contribution is -2.45. The number of benzene rings is 1. The fourth-order valence-corrected chi connectivity index (χ4v) is 4.32. The third kappa shape index (κ3) is 3.58. The third-order valence-corrected chi connectivity index (χ3v) is 6.05. The minimum absolute atomic E-state index is 0.0100. The Balaban J connectivity index is 1.43. The highest BCUT2D eigenvalue weighted by Gasteiger charge is 2.33. The maximum absolute atomic E-state index is 13.2. The van der Waals surface area contributed by atoms with E-state index in [0.717, 1.165) is 37.9 Å². The molecule has 0 radical (unpaired) electrons. The standard InChI is InChI=1S/C23H28N2O3/c1-16(2)18-5-6-21-19(14-18)4-3-10-25(21)23(27)17-7-11-24(12-8-17)22(26)20-9-13-28-15-20/h5-6,9,13-17H,3-4,7-8,10-12H2,1-2H3. The monoisotopic (exact) mass is 380 g/mol. The molecule has 0 unspecified atom stereocenters. The zero-order chi connectivity index (χ0) is 19.7. The van der Waals surface area contributed by atoms with Crippen LogP contribution in [0.3, 0.4) is 0 Å². The van der Waals surface area contributed by atoms with Crippen molar-refractivity contribution in [1.82, 2.24) is 4.90 Å². The van der Waals surface area contributed by atoms with E-state index in [1.807, 2.05) is 9.80 Å². The number of carbonyl (C=O) groups excluding carboxylic acids is 2. The average molecular weight is 380 g/mol. The van der Waals surface area contributed by atoms with Crippen molar-refractivity contribution in [2.75, 3.05) is 24.5 Å². The smallest absolute Gasteiger partial charge is 0.257 e. The van der Waals surface area contributed by atoms with Crippen LogP contribution in [0.4, 0.5) is 5.69 Å². The number of hydrogen-bond acceptors (Lipinski definition) is 3. The molecule has 2 aliphatic heterocycles.